The molecule has 0 nitrogen and oxygen atoms in total. The second-order valence-corrected chi connectivity index (χ2v) is 12.0. The molecule has 0 aromatic heterocycles. The summed E-state index contributed by atoms with van der Waals surface area (Å²) in [4.78, 5) is 0. The highest BCUT2D eigenvalue weighted by Gasteiger charge is 2.26. The first-order valence-electron chi connectivity index (χ1n) is 12.8. The van der Waals surface area contributed by atoms with Gasteiger partial charge in [0.15, 0.2) is 0 Å². The molecule has 0 saturated carbocycles. The van der Waals surface area contributed by atoms with E-state index in [-0.39, 0.29) is 0 Å². The monoisotopic (exact) mass is 486 g/mol. The summed E-state index contributed by atoms with van der Waals surface area (Å²) in [6.07, 6.45) is 0. The van der Waals surface area contributed by atoms with Crippen molar-refractivity contribution >= 4 is 56.2 Å². The van der Waals surface area contributed by atoms with Crippen molar-refractivity contribution in [3.05, 3.63) is 140 Å². The fourth-order valence-electron chi connectivity index (χ4n) is 6.04. The molecule has 7 aromatic rings. The number of fused-ring (bicyclic) bond motifs is 5. The molecule has 0 bridgehead atoms. The van der Waals surface area contributed by atoms with Crippen molar-refractivity contribution in [1.29, 1.82) is 0 Å². The Kier molecular flexibility index (Phi) is 4.59. The largest absolute Gasteiger partial charge is 0.0622 e. The molecule has 1 heteroatoms. The zero-order valence-corrected chi connectivity index (χ0v) is 21.1. The maximum absolute atomic E-state index is 2.40. The van der Waals surface area contributed by atoms with Gasteiger partial charge in [0.2, 0.25) is 0 Å². The second-order valence-electron chi connectivity index (χ2n) is 9.81. The summed E-state index contributed by atoms with van der Waals surface area (Å²) in [7, 11) is -0.723. The van der Waals surface area contributed by atoms with E-state index in [1.807, 2.05) is 0 Å². The summed E-state index contributed by atoms with van der Waals surface area (Å²) in [5, 5.41) is 12.2. The van der Waals surface area contributed by atoms with Gasteiger partial charge in [-0.05, 0) is 96.6 Å². The first-order chi connectivity index (χ1) is 18.3. The van der Waals surface area contributed by atoms with E-state index in [1.165, 1.54) is 70.5 Å². The van der Waals surface area contributed by atoms with Gasteiger partial charge >= 0.3 is 0 Å². The lowest BCUT2D eigenvalue weighted by Crippen LogP contribution is -2.21. The van der Waals surface area contributed by atoms with Crippen LogP contribution in [0.5, 0.6) is 0 Å². The van der Waals surface area contributed by atoms with Gasteiger partial charge in [-0.25, -0.2) is 0 Å². The molecular formula is C36H23P. The van der Waals surface area contributed by atoms with E-state index >= 15 is 0 Å². The molecule has 1 aliphatic rings. The van der Waals surface area contributed by atoms with Crippen LogP contribution < -0.4 is 15.9 Å². The Morgan fingerprint density at radius 1 is 0.351 bits per heavy atom. The summed E-state index contributed by atoms with van der Waals surface area (Å²) in [5.41, 5.74) is 5.42. The van der Waals surface area contributed by atoms with Crippen molar-refractivity contribution in [3.8, 4) is 22.3 Å². The zero-order valence-electron chi connectivity index (χ0n) is 20.2. The smallest absolute Gasteiger partial charge is 0.00197 e. The van der Waals surface area contributed by atoms with E-state index < -0.39 is 7.92 Å². The molecule has 0 N–H and O–H groups in total. The molecule has 37 heavy (non-hydrogen) atoms. The highest BCUT2D eigenvalue weighted by atomic mass is 31.1. The Labute approximate surface area is 217 Å². The normalized spacial score (nSPS) is 12.8. The van der Waals surface area contributed by atoms with E-state index in [1.54, 1.807) is 0 Å². The molecule has 1 unspecified atom stereocenters. The average Bonchev–Trinajstić information content (AvgIpc) is 3.27. The minimum Gasteiger partial charge on any atom is -0.0622 e. The standard InChI is InChI=1S/C36H23P/c1-2-13-28(14-3-1)37(29-18-17-24-9-4-5-10-25(24)21-29)35-20-19-31-34-23-27-12-7-6-11-26(27)22-33(34)30-15-8-16-32(35)36(30)31/h1-23H. The minimum absolute atomic E-state index is 0.723. The zero-order chi connectivity index (χ0) is 24.3. The number of benzene rings is 7. The fourth-order valence-corrected chi connectivity index (χ4v) is 8.51. The SMILES string of the molecule is c1ccc(P(c2ccc3ccccc3c2)c2ccc3c4c(cccc24)-c2cc4ccccc4cc2-3)cc1. The van der Waals surface area contributed by atoms with Crippen LogP contribution in [-0.2, 0) is 0 Å². The van der Waals surface area contributed by atoms with E-state index in [4.69, 9.17) is 0 Å². The van der Waals surface area contributed by atoms with Crippen LogP contribution in [0.2, 0.25) is 0 Å². The van der Waals surface area contributed by atoms with Gasteiger partial charge in [-0.15, -0.1) is 0 Å². The maximum Gasteiger partial charge on any atom is -0.00197 e. The molecular weight excluding hydrogens is 463 g/mol. The van der Waals surface area contributed by atoms with Gasteiger partial charge in [0.05, 0.1) is 0 Å². The van der Waals surface area contributed by atoms with Gasteiger partial charge in [0.1, 0.15) is 0 Å². The quantitative estimate of drug-likeness (QED) is 0.220. The lowest BCUT2D eigenvalue weighted by Gasteiger charge is -2.22. The third-order valence-corrected chi connectivity index (χ3v) is 10.2. The van der Waals surface area contributed by atoms with E-state index in [0.717, 1.165) is 0 Å². The molecule has 0 spiro atoms. The number of hydrogen-bond donors (Lipinski definition) is 0. The van der Waals surface area contributed by atoms with Crippen LogP contribution in [0.15, 0.2) is 140 Å². The molecule has 0 fully saturated rings. The summed E-state index contributed by atoms with van der Waals surface area (Å²) in [5.74, 6) is 0. The van der Waals surface area contributed by atoms with Gasteiger partial charge in [0, 0.05) is 0 Å². The van der Waals surface area contributed by atoms with Crippen LogP contribution in [0, 0.1) is 0 Å². The summed E-state index contributed by atoms with van der Waals surface area (Å²) in [6.45, 7) is 0. The summed E-state index contributed by atoms with van der Waals surface area (Å²) in [6, 6.07) is 51.9. The highest BCUT2D eigenvalue weighted by Crippen LogP contribution is 2.50. The van der Waals surface area contributed by atoms with Gasteiger partial charge < -0.3 is 0 Å². The van der Waals surface area contributed by atoms with E-state index in [2.05, 4.69) is 140 Å². The van der Waals surface area contributed by atoms with E-state index in [9.17, 15) is 0 Å². The molecule has 0 heterocycles. The third-order valence-electron chi connectivity index (χ3n) is 7.73. The molecule has 172 valence electrons. The van der Waals surface area contributed by atoms with Crippen LogP contribution in [0.4, 0.5) is 0 Å². The van der Waals surface area contributed by atoms with Crippen molar-refractivity contribution in [1.82, 2.24) is 0 Å². The van der Waals surface area contributed by atoms with Crippen molar-refractivity contribution in [2.45, 2.75) is 0 Å². The Morgan fingerprint density at radius 3 is 1.70 bits per heavy atom. The summed E-state index contributed by atoms with van der Waals surface area (Å²) < 4.78 is 0. The predicted molar refractivity (Wildman–Crippen MR) is 162 cm³/mol. The van der Waals surface area contributed by atoms with Crippen molar-refractivity contribution in [2.24, 2.45) is 0 Å². The summed E-state index contributed by atoms with van der Waals surface area (Å²) >= 11 is 0. The average molecular weight is 487 g/mol. The van der Waals surface area contributed by atoms with Gasteiger partial charge in [-0.1, -0.05) is 121 Å². The van der Waals surface area contributed by atoms with E-state index in [0.29, 0.717) is 0 Å². The highest BCUT2D eigenvalue weighted by molar-refractivity contribution is 7.80. The Hall–Kier alpha value is -4.25. The van der Waals surface area contributed by atoms with Gasteiger partial charge in [-0.3, -0.25) is 0 Å². The van der Waals surface area contributed by atoms with Crippen molar-refractivity contribution < 1.29 is 0 Å². The Bertz CT molecular complexity index is 1940. The van der Waals surface area contributed by atoms with Crippen molar-refractivity contribution in [2.75, 3.05) is 0 Å². The second kappa shape index (κ2) is 8.13. The molecule has 1 aliphatic carbocycles. The molecule has 8 rings (SSSR count). The first-order valence-corrected chi connectivity index (χ1v) is 14.1. The molecule has 0 amide bonds. The number of rotatable bonds is 3. The van der Waals surface area contributed by atoms with Crippen LogP contribution in [0.25, 0.3) is 54.6 Å². The number of hydrogen-bond acceptors (Lipinski definition) is 0. The molecule has 7 aromatic carbocycles. The van der Waals surface area contributed by atoms with Crippen LogP contribution in [0.1, 0.15) is 0 Å². The minimum atomic E-state index is -0.723. The fraction of sp³-hybridized carbons (Fsp3) is 0. The predicted octanol–water partition coefficient (Wildman–Crippen LogP) is 8.55. The molecule has 0 aliphatic heterocycles. The Balaban J connectivity index is 1.40. The molecule has 1 atom stereocenters. The van der Waals surface area contributed by atoms with Crippen LogP contribution >= 0.6 is 7.92 Å². The molecule has 0 saturated heterocycles. The lowest BCUT2D eigenvalue weighted by atomic mass is 9.99. The lowest BCUT2D eigenvalue weighted by molar-refractivity contribution is 1.73. The third kappa shape index (κ3) is 3.20. The maximum atomic E-state index is 2.40. The van der Waals surface area contributed by atoms with Crippen molar-refractivity contribution in [3.63, 3.8) is 0 Å². The Morgan fingerprint density at radius 2 is 0.973 bits per heavy atom. The van der Waals surface area contributed by atoms with Crippen LogP contribution in [-0.4, -0.2) is 0 Å². The molecule has 0 radical (unpaired) electrons. The van der Waals surface area contributed by atoms with Gasteiger partial charge in [0.25, 0.3) is 0 Å². The topological polar surface area (TPSA) is 0 Å². The first kappa shape index (κ1) is 20.9. The van der Waals surface area contributed by atoms with Crippen LogP contribution in [0.3, 0.4) is 0 Å². The van der Waals surface area contributed by atoms with Gasteiger partial charge in [-0.2, -0.15) is 0 Å².